The van der Waals surface area contributed by atoms with Crippen LogP contribution in [0.1, 0.15) is 98.5 Å². The zero-order valence-electron chi connectivity index (χ0n) is 23.0. The monoisotopic (exact) mass is 486 g/mol. The highest BCUT2D eigenvalue weighted by Gasteiger charge is 2.51. The van der Waals surface area contributed by atoms with Crippen LogP contribution in [0.3, 0.4) is 0 Å². The lowest BCUT2D eigenvalue weighted by atomic mass is 9.48. The average molecular weight is 487 g/mol. The summed E-state index contributed by atoms with van der Waals surface area (Å²) in [5.41, 5.74) is 6.81. The van der Waals surface area contributed by atoms with Crippen molar-refractivity contribution in [3.8, 4) is 0 Å². The smallest absolute Gasteiger partial charge is 0.0186 e. The van der Waals surface area contributed by atoms with E-state index in [2.05, 4.69) is 90.1 Å². The molecule has 5 aliphatic rings. The lowest BCUT2D eigenvalue weighted by Gasteiger charge is -2.57. The summed E-state index contributed by atoms with van der Waals surface area (Å²) in [7, 11) is 0. The zero-order valence-corrected chi connectivity index (χ0v) is 23.8. The molecule has 0 amide bonds. The quantitative estimate of drug-likeness (QED) is 0.385. The number of allylic oxidation sites excluding steroid dienone is 7. The molecule has 6 rings (SSSR count). The fourth-order valence-corrected chi connectivity index (χ4v) is 8.95. The van der Waals surface area contributed by atoms with Gasteiger partial charge in [0.05, 0.1) is 0 Å². The fourth-order valence-electron chi connectivity index (χ4n) is 7.90. The average Bonchev–Trinajstić information content (AvgIpc) is 2.77. The van der Waals surface area contributed by atoms with Gasteiger partial charge in [0.25, 0.3) is 0 Å². The van der Waals surface area contributed by atoms with Crippen LogP contribution in [0, 0.1) is 29.1 Å². The summed E-state index contributed by atoms with van der Waals surface area (Å²) in [6.45, 7) is 13.8. The summed E-state index contributed by atoms with van der Waals surface area (Å²) in [6.07, 6.45) is 20.7. The van der Waals surface area contributed by atoms with E-state index in [-0.39, 0.29) is 0 Å². The molecule has 0 nitrogen and oxygen atoms in total. The van der Waals surface area contributed by atoms with Crippen LogP contribution in [0.25, 0.3) is 0 Å². The van der Waals surface area contributed by atoms with Crippen molar-refractivity contribution >= 4 is 11.8 Å². The van der Waals surface area contributed by atoms with E-state index >= 15 is 0 Å². The predicted molar refractivity (Wildman–Crippen MR) is 154 cm³/mol. The topological polar surface area (TPSA) is 0 Å². The van der Waals surface area contributed by atoms with Crippen molar-refractivity contribution in [3.05, 3.63) is 75.8 Å². The largest absolute Gasteiger partial charge is 0.0895 e. The molecular weight excluding hydrogens is 440 g/mol. The highest BCUT2D eigenvalue weighted by molar-refractivity contribution is 8.03. The molecule has 4 saturated carbocycles. The van der Waals surface area contributed by atoms with Crippen LogP contribution in [0.4, 0.5) is 0 Å². The third-order valence-electron chi connectivity index (χ3n) is 8.95. The van der Waals surface area contributed by atoms with Crippen molar-refractivity contribution in [2.24, 2.45) is 29.1 Å². The van der Waals surface area contributed by atoms with E-state index in [0.29, 0.717) is 16.7 Å². The first-order chi connectivity index (χ1) is 16.6. The summed E-state index contributed by atoms with van der Waals surface area (Å²) in [4.78, 5) is 2.88. The summed E-state index contributed by atoms with van der Waals surface area (Å²) >= 11 is 2.00. The van der Waals surface area contributed by atoms with E-state index in [1.165, 1.54) is 65.0 Å². The first-order valence-corrected chi connectivity index (χ1v) is 15.0. The second-order valence-corrected chi connectivity index (χ2v) is 14.8. The highest BCUT2D eigenvalue weighted by atomic mass is 32.2. The van der Waals surface area contributed by atoms with Crippen LogP contribution < -0.4 is 0 Å². The van der Waals surface area contributed by atoms with E-state index in [0.717, 1.165) is 30.6 Å². The van der Waals surface area contributed by atoms with Gasteiger partial charge in [-0.05, 0) is 129 Å². The zero-order chi connectivity index (χ0) is 24.8. The van der Waals surface area contributed by atoms with Gasteiger partial charge >= 0.3 is 0 Å². The Bertz CT molecular complexity index is 1020. The third kappa shape index (κ3) is 5.61. The summed E-state index contributed by atoms with van der Waals surface area (Å²) < 4.78 is 0. The molecule has 4 bridgehead atoms. The van der Waals surface area contributed by atoms with Crippen LogP contribution >= 0.6 is 11.8 Å². The van der Waals surface area contributed by atoms with Gasteiger partial charge in [-0.25, -0.2) is 0 Å². The minimum Gasteiger partial charge on any atom is -0.0895 e. The second-order valence-electron chi connectivity index (χ2n) is 13.7. The van der Waals surface area contributed by atoms with Crippen LogP contribution in [-0.2, 0) is 5.41 Å². The molecule has 188 valence electrons. The second kappa shape index (κ2) is 9.77. The van der Waals surface area contributed by atoms with E-state index in [4.69, 9.17) is 0 Å². The maximum atomic E-state index is 2.51. The predicted octanol–water partition coefficient (Wildman–Crippen LogP) is 10.4. The third-order valence-corrected chi connectivity index (χ3v) is 10.2. The standard InChI is InChI=1S/C34H46S/c1-23(2)7-9-28-21-33(5,6)22-29(10-8-24(3)4)32(28)35-31-13-11-30(12-14-31)34-18-25-15-26(19-34)17-27(16-25)20-34/h7-14,23,25-27H,15-22H2,1-6H3/b9-7+,29-10+. The molecule has 0 aliphatic heterocycles. The van der Waals surface area contributed by atoms with Gasteiger partial charge < -0.3 is 0 Å². The van der Waals surface area contributed by atoms with Gasteiger partial charge in [-0.15, -0.1) is 0 Å². The summed E-state index contributed by atoms with van der Waals surface area (Å²) in [6, 6.07) is 9.89. The molecule has 4 fully saturated rings. The summed E-state index contributed by atoms with van der Waals surface area (Å²) in [5, 5.41) is 0. The van der Waals surface area contributed by atoms with Crippen LogP contribution in [0.5, 0.6) is 0 Å². The lowest BCUT2D eigenvalue weighted by Crippen LogP contribution is -2.48. The number of hydrogen-bond acceptors (Lipinski definition) is 1. The maximum Gasteiger partial charge on any atom is 0.0186 e. The number of benzene rings is 1. The Morgan fingerprint density at radius 2 is 1.51 bits per heavy atom. The molecule has 0 spiro atoms. The van der Waals surface area contributed by atoms with Gasteiger partial charge in [0.2, 0.25) is 0 Å². The van der Waals surface area contributed by atoms with Gasteiger partial charge in [0, 0.05) is 9.80 Å². The minimum absolute atomic E-state index is 0.296. The van der Waals surface area contributed by atoms with Crippen LogP contribution in [0.2, 0.25) is 0 Å². The number of thioether (sulfide) groups is 1. The molecule has 0 atom stereocenters. The lowest BCUT2D eigenvalue weighted by molar-refractivity contribution is -0.00520. The minimum atomic E-state index is 0.296. The van der Waals surface area contributed by atoms with Gasteiger partial charge in [-0.2, -0.15) is 0 Å². The summed E-state index contributed by atoms with van der Waals surface area (Å²) in [5.74, 6) is 3.58. The Morgan fingerprint density at radius 1 is 0.914 bits per heavy atom. The Balaban J connectivity index is 1.45. The Labute approximate surface area is 219 Å². The molecule has 5 aliphatic carbocycles. The Morgan fingerprint density at radius 3 is 2.06 bits per heavy atom. The first kappa shape index (κ1) is 25.2. The van der Waals surface area contributed by atoms with Gasteiger partial charge in [0.1, 0.15) is 0 Å². The molecule has 35 heavy (non-hydrogen) atoms. The van der Waals surface area contributed by atoms with Crippen molar-refractivity contribution in [1.29, 1.82) is 0 Å². The van der Waals surface area contributed by atoms with Crippen LogP contribution in [-0.4, -0.2) is 0 Å². The maximum absolute atomic E-state index is 2.51. The van der Waals surface area contributed by atoms with Crippen molar-refractivity contribution in [1.82, 2.24) is 0 Å². The molecule has 0 aromatic heterocycles. The number of hydrogen-bond donors (Lipinski definition) is 0. The van der Waals surface area contributed by atoms with E-state index < -0.39 is 0 Å². The molecular formula is C34H46S. The van der Waals surface area contributed by atoms with E-state index in [1.54, 1.807) is 5.56 Å². The van der Waals surface area contributed by atoms with Gasteiger partial charge in [-0.3, -0.25) is 0 Å². The molecule has 0 saturated heterocycles. The van der Waals surface area contributed by atoms with Crippen molar-refractivity contribution in [2.45, 2.75) is 103 Å². The van der Waals surface area contributed by atoms with Gasteiger partial charge in [-0.1, -0.05) is 81.5 Å². The molecule has 1 aromatic carbocycles. The van der Waals surface area contributed by atoms with E-state index in [1.807, 2.05) is 11.8 Å². The highest BCUT2D eigenvalue weighted by Crippen LogP contribution is 2.61. The van der Waals surface area contributed by atoms with E-state index in [9.17, 15) is 0 Å². The molecule has 0 N–H and O–H groups in total. The molecule has 0 heterocycles. The SMILES string of the molecule is CC(C)=C/C=C1\CC(C)(C)CC(/C=C/C(C)C)=C1Sc1ccc(C23CC4CC(CC(C4)C2)C3)cc1. The van der Waals surface area contributed by atoms with Crippen molar-refractivity contribution in [3.63, 3.8) is 0 Å². The van der Waals surface area contributed by atoms with Crippen LogP contribution in [0.15, 0.2) is 75.1 Å². The normalized spacial score (nSPS) is 32.8. The Kier molecular flexibility index (Phi) is 7.03. The fraction of sp³-hybridized carbons (Fsp3) is 0.588. The molecule has 0 unspecified atom stereocenters. The van der Waals surface area contributed by atoms with Crippen molar-refractivity contribution < 1.29 is 0 Å². The first-order valence-electron chi connectivity index (χ1n) is 14.1. The van der Waals surface area contributed by atoms with Gasteiger partial charge in [0.15, 0.2) is 0 Å². The molecule has 1 aromatic rings. The molecule has 1 heteroatoms. The van der Waals surface area contributed by atoms with Crippen molar-refractivity contribution in [2.75, 3.05) is 0 Å². The number of rotatable bonds is 6. The Hall–Kier alpha value is -1.47. The molecule has 0 radical (unpaired) electrons.